The van der Waals surface area contributed by atoms with E-state index < -0.39 is 6.09 Å². The lowest BCUT2D eigenvalue weighted by Crippen LogP contribution is -2.25. The third-order valence-corrected chi connectivity index (χ3v) is 5.17. The van der Waals surface area contributed by atoms with Crippen LogP contribution < -0.4 is 14.8 Å². The zero-order chi connectivity index (χ0) is 22.2. The molecule has 3 aromatic rings. The molecule has 1 atom stereocenters. The first kappa shape index (κ1) is 21.7. The Kier molecular flexibility index (Phi) is 7.24. The molecule has 0 bridgehead atoms. The Morgan fingerprint density at radius 3 is 2.84 bits per heavy atom. The minimum absolute atomic E-state index is 0.0202. The maximum atomic E-state index is 12.0. The summed E-state index contributed by atoms with van der Waals surface area (Å²) in [6, 6.07) is 17.4. The third kappa shape index (κ3) is 5.59. The van der Waals surface area contributed by atoms with Gasteiger partial charge in [-0.25, -0.2) is 4.79 Å². The minimum Gasteiger partial charge on any atom is -0.493 e. The summed E-state index contributed by atoms with van der Waals surface area (Å²) in [4.78, 5) is 12.0. The molecule has 0 aliphatic carbocycles. The molecule has 1 aromatic heterocycles. The smallest absolute Gasteiger partial charge is 0.407 e. The molecule has 4 rings (SSSR count). The van der Waals surface area contributed by atoms with Gasteiger partial charge in [-0.05, 0) is 29.8 Å². The Morgan fingerprint density at radius 1 is 1.19 bits per heavy atom. The van der Waals surface area contributed by atoms with Gasteiger partial charge in [0.05, 0.1) is 32.6 Å². The van der Waals surface area contributed by atoms with E-state index in [2.05, 4.69) is 10.4 Å². The third-order valence-electron chi connectivity index (χ3n) is 5.17. The molecule has 0 radical (unpaired) electrons. The van der Waals surface area contributed by atoms with Gasteiger partial charge in [-0.15, -0.1) is 0 Å². The number of aromatic nitrogens is 2. The lowest BCUT2D eigenvalue weighted by atomic mass is 10.1. The second-order valence-corrected chi connectivity index (χ2v) is 7.38. The molecular formula is C24H27N3O5. The number of carbonyl (C=O) groups excluding carboxylic acids is 1. The number of benzene rings is 2. The van der Waals surface area contributed by atoms with Crippen LogP contribution in [-0.4, -0.2) is 48.9 Å². The van der Waals surface area contributed by atoms with Gasteiger partial charge in [-0.1, -0.05) is 30.3 Å². The molecule has 8 nitrogen and oxygen atoms in total. The number of rotatable bonds is 9. The van der Waals surface area contributed by atoms with Crippen molar-refractivity contribution in [1.29, 1.82) is 0 Å². The van der Waals surface area contributed by atoms with Crippen LogP contribution in [0.4, 0.5) is 4.79 Å². The molecule has 1 fully saturated rings. The molecule has 2 heterocycles. The fourth-order valence-corrected chi connectivity index (χ4v) is 3.52. The van der Waals surface area contributed by atoms with Gasteiger partial charge < -0.3 is 24.3 Å². The Morgan fingerprint density at radius 2 is 2.06 bits per heavy atom. The van der Waals surface area contributed by atoms with E-state index in [1.807, 2.05) is 54.6 Å². The molecule has 1 saturated heterocycles. The highest BCUT2D eigenvalue weighted by Gasteiger charge is 2.20. The number of hydrogen-bond acceptors (Lipinski definition) is 6. The zero-order valence-corrected chi connectivity index (χ0v) is 18.0. The summed E-state index contributed by atoms with van der Waals surface area (Å²) < 4.78 is 24.1. The van der Waals surface area contributed by atoms with Crippen molar-refractivity contribution in [2.75, 3.05) is 26.9 Å². The van der Waals surface area contributed by atoms with Crippen molar-refractivity contribution in [2.24, 2.45) is 0 Å². The fourth-order valence-electron chi connectivity index (χ4n) is 3.52. The lowest BCUT2D eigenvalue weighted by molar-refractivity contribution is 0.138. The Balaban J connectivity index is 1.35. The van der Waals surface area contributed by atoms with Crippen LogP contribution in [0.5, 0.6) is 11.5 Å². The van der Waals surface area contributed by atoms with Gasteiger partial charge in [0.15, 0.2) is 11.5 Å². The summed E-state index contributed by atoms with van der Waals surface area (Å²) in [6.45, 7) is 2.34. The monoisotopic (exact) mass is 437 g/mol. The molecule has 1 N–H and O–H groups in total. The zero-order valence-electron chi connectivity index (χ0n) is 18.0. The Hall–Kier alpha value is -3.52. The molecule has 32 heavy (non-hydrogen) atoms. The number of hydrogen-bond donors (Lipinski definition) is 1. The van der Waals surface area contributed by atoms with Crippen LogP contribution >= 0.6 is 0 Å². The number of nitrogens with zero attached hydrogens (tertiary/aromatic N) is 2. The molecule has 1 aliphatic heterocycles. The van der Waals surface area contributed by atoms with Gasteiger partial charge in [0.2, 0.25) is 0 Å². The van der Waals surface area contributed by atoms with Crippen LogP contribution in [0.15, 0.2) is 60.8 Å². The summed E-state index contributed by atoms with van der Waals surface area (Å²) in [5.41, 5.74) is 2.85. The molecular weight excluding hydrogens is 410 g/mol. The van der Waals surface area contributed by atoms with E-state index >= 15 is 0 Å². The Bertz CT molecular complexity index is 1020. The predicted octanol–water partition coefficient (Wildman–Crippen LogP) is 3.65. The summed E-state index contributed by atoms with van der Waals surface area (Å²) in [6.07, 6.45) is 2.14. The average molecular weight is 437 g/mol. The number of alkyl carbamates (subject to hydrolysis) is 1. The van der Waals surface area contributed by atoms with E-state index in [0.717, 1.165) is 23.2 Å². The van der Waals surface area contributed by atoms with E-state index in [0.29, 0.717) is 37.8 Å². The highest BCUT2D eigenvalue weighted by atomic mass is 16.6. The Labute approximate surface area is 187 Å². The normalized spacial score (nSPS) is 15.3. The van der Waals surface area contributed by atoms with E-state index in [1.165, 1.54) is 0 Å². The van der Waals surface area contributed by atoms with Crippen molar-refractivity contribution < 1.29 is 23.7 Å². The van der Waals surface area contributed by atoms with Gasteiger partial charge in [0, 0.05) is 24.7 Å². The SMILES string of the molecule is COc1ccc(-c2ccnn2CCOC(=O)NCc2ccccc2)cc1OC1CCOC1. The number of ether oxygens (including phenoxy) is 4. The van der Waals surface area contributed by atoms with Crippen LogP contribution in [0.3, 0.4) is 0 Å². The molecule has 1 aliphatic rings. The van der Waals surface area contributed by atoms with Crippen LogP contribution in [0.2, 0.25) is 0 Å². The molecule has 2 aromatic carbocycles. The first-order chi connectivity index (χ1) is 15.7. The number of methoxy groups -OCH3 is 1. The number of carbonyl (C=O) groups is 1. The topological polar surface area (TPSA) is 83.8 Å². The highest BCUT2D eigenvalue weighted by molar-refractivity contribution is 5.67. The van der Waals surface area contributed by atoms with E-state index in [9.17, 15) is 4.79 Å². The van der Waals surface area contributed by atoms with Crippen molar-refractivity contribution in [3.63, 3.8) is 0 Å². The molecule has 0 saturated carbocycles. The molecule has 168 valence electrons. The van der Waals surface area contributed by atoms with Gasteiger partial charge in [-0.3, -0.25) is 4.68 Å². The fraction of sp³-hybridized carbons (Fsp3) is 0.333. The van der Waals surface area contributed by atoms with Crippen LogP contribution in [0, 0.1) is 0 Å². The summed E-state index contributed by atoms with van der Waals surface area (Å²) in [5.74, 6) is 1.34. The van der Waals surface area contributed by atoms with Crippen molar-refractivity contribution in [3.05, 3.63) is 66.4 Å². The molecule has 1 amide bonds. The van der Waals surface area contributed by atoms with Crippen LogP contribution in [-0.2, 0) is 22.6 Å². The van der Waals surface area contributed by atoms with Crippen molar-refractivity contribution in [1.82, 2.24) is 15.1 Å². The van der Waals surface area contributed by atoms with E-state index in [-0.39, 0.29) is 12.7 Å². The standard InChI is InChI=1S/C24H27N3O5/c1-29-22-8-7-19(15-23(22)32-20-10-13-30-17-20)21-9-11-26-27(21)12-14-31-24(28)25-16-18-5-3-2-4-6-18/h2-9,11,15,20H,10,12-14,16-17H2,1H3,(H,25,28). The summed E-state index contributed by atoms with van der Waals surface area (Å²) in [7, 11) is 1.62. The van der Waals surface area contributed by atoms with Gasteiger partial charge in [0.25, 0.3) is 0 Å². The second-order valence-electron chi connectivity index (χ2n) is 7.38. The minimum atomic E-state index is -0.457. The van der Waals surface area contributed by atoms with Gasteiger partial charge in [-0.2, -0.15) is 5.10 Å². The van der Waals surface area contributed by atoms with Crippen LogP contribution in [0.25, 0.3) is 11.3 Å². The van der Waals surface area contributed by atoms with Crippen molar-refractivity contribution in [3.8, 4) is 22.8 Å². The van der Waals surface area contributed by atoms with Crippen molar-refractivity contribution >= 4 is 6.09 Å². The molecule has 1 unspecified atom stereocenters. The van der Waals surface area contributed by atoms with E-state index in [1.54, 1.807) is 18.0 Å². The maximum Gasteiger partial charge on any atom is 0.407 e. The van der Waals surface area contributed by atoms with Gasteiger partial charge in [0.1, 0.15) is 12.7 Å². The predicted molar refractivity (Wildman–Crippen MR) is 119 cm³/mol. The van der Waals surface area contributed by atoms with Gasteiger partial charge >= 0.3 is 6.09 Å². The number of amides is 1. The first-order valence-corrected chi connectivity index (χ1v) is 10.6. The summed E-state index contributed by atoms with van der Waals surface area (Å²) >= 11 is 0. The second kappa shape index (κ2) is 10.7. The largest absolute Gasteiger partial charge is 0.493 e. The summed E-state index contributed by atoms with van der Waals surface area (Å²) in [5, 5.41) is 7.12. The highest BCUT2D eigenvalue weighted by Crippen LogP contribution is 2.34. The van der Waals surface area contributed by atoms with Crippen LogP contribution in [0.1, 0.15) is 12.0 Å². The maximum absolute atomic E-state index is 12.0. The number of nitrogens with one attached hydrogen (secondary N) is 1. The lowest BCUT2D eigenvalue weighted by Gasteiger charge is -2.16. The van der Waals surface area contributed by atoms with Crippen molar-refractivity contribution in [2.45, 2.75) is 25.6 Å². The molecule has 0 spiro atoms. The van der Waals surface area contributed by atoms with E-state index in [4.69, 9.17) is 18.9 Å². The first-order valence-electron chi connectivity index (χ1n) is 10.6. The quantitative estimate of drug-likeness (QED) is 0.550. The average Bonchev–Trinajstić information content (AvgIpc) is 3.51. The molecule has 8 heteroatoms.